The number of rotatable bonds is 3. The van der Waals surface area contributed by atoms with Crippen molar-refractivity contribution in [3.05, 3.63) is 46.2 Å². The van der Waals surface area contributed by atoms with E-state index in [1.807, 2.05) is 35.7 Å². The number of carbonyl (C=O) groups excluding carboxylic acids is 1. The normalized spacial score (nSPS) is 10.8. The number of hydrogen-bond acceptors (Lipinski definition) is 4. The summed E-state index contributed by atoms with van der Waals surface area (Å²) in [5.74, 6) is -0.0640. The second kappa shape index (κ2) is 5.11. The summed E-state index contributed by atoms with van der Waals surface area (Å²) in [5.41, 5.74) is 2.01. The first-order valence-corrected chi connectivity index (χ1v) is 7.71. The van der Waals surface area contributed by atoms with E-state index >= 15 is 0 Å². The lowest BCUT2D eigenvalue weighted by molar-refractivity contribution is 0.103. The molecule has 3 rings (SSSR count). The summed E-state index contributed by atoms with van der Waals surface area (Å²) in [6.07, 6.45) is 0.867. The van der Waals surface area contributed by atoms with Crippen LogP contribution in [0.5, 0.6) is 0 Å². The Labute approximate surface area is 118 Å². The van der Waals surface area contributed by atoms with Gasteiger partial charge in [0.2, 0.25) is 0 Å². The van der Waals surface area contributed by atoms with Gasteiger partial charge in [-0.15, -0.1) is 11.3 Å². The van der Waals surface area contributed by atoms with Crippen LogP contribution in [0.2, 0.25) is 0 Å². The molecule has 2 aromatic heterocycles. The number of thiazole rings is 1. The Hall–Kier alpha value is -1.72. The van der Waals surface area contributed by atoms with Gasteiger partial charge in [0.25, 0.3) is 5.91 Å². The number of benzene rings is 1. The molecule has 0 atom stereocenters. The van der Waals surface area contributed by atoms with Crippen LogP contribution in [0.15, 0.2) is 35.7 Å². The van der Waals surface area contributed by atoms with E-state index in [0.29, 0.717) is 5.13 Å². The summed E-state index contributed by atoms with van der Waals surface area (Å²) < 4.78 is 1.08. The summed E-state index contributed by atoms with van der Waals surface area (Å²) in [7, 11) is 0. The van der Waals surface area contributed by atoms with Crippen molar-refractivity contribution in [1.82, 2.24) is 4.98 Å². The second-order valence-corrected chi connectivity index (χ2v) is 6.02. The highest BCUT2D eigenvalue weighted by Crippen LogP contribution is 2.26. The number of amides is 1. The first-order valence-electron chi connectivity index (χ1n) is 6.01. The van der Waals surface area contributed by atoms with Gasteiger partial charge in [0, 0.05) is 0 Å². The fourth-order valence-corrected chi connectivity index (χ4v) is 3.64. The van der Waals surface area contributed by atoms with Crippen molar-refractivity contribution in [2.45, 2.75) is 13.3 Å². The molecule has 1 amide bonds. The molecule has 5 heteroatoms. The lowest BCUT2D eigenvalue weighted by Crippen LogP contribution is -2.11. The number of aryl methyl sites for hydroxylation is 1. The molecule has 19 heavy (non-hydrogen) atoms. The van der Waals surface area contributed by atoms with Crippen LogP contribution in [0.3, 0.4) is 0 Å². The minimum Gasteiger partial charge on any atom is -0.297 e. The average molecular weight is 288 g/mol. The SMILES string of the molecule is CCc1ccsc1C(=O)Nc1nc2ccccc2s1. The van der Waals surface area contributed by atoms with Gasteiger partial charge in [0.05, 0.1) is 15.1 Å². The van der Waals surface area contributed by atoms with Crippen LogP contribution in [0.1, 0.15) is 22.2 Å². The molecule has 3 nitrogen and oxygen atoms in total. The lowest BCUT2D eigenvalue weighted by atomic mass is 10.2. The summed E-state index contributed by atoms with van der Waals surface area (Å²) in [6.45, 7) is 2.05. The number of fused-ring (bicyclic) bond motifs is 1. The Bertz CT molecular complexity index is 697. The second-order valence-electron chi connectivity index (χ2n) is 4.07. The first-order chi connectivity index (χ1) is 9.28. The van der Waals surface area contributed by atoms with Crippen LogP contribution in [-0.2, 0) is 6.42 Å². The number of para-hydroxylation sites is 1. The molecule has 0 fully saturated rings. The van der Waals surface area contributed by atoms with Gasteiger partial charge in [-0.1, -0.05) is 30.4 Å². The highest BCUT2D eigenvalue weighted by atomic mass is 32.1. The molecular formula is C14H12N2OS2. The third kappa shape index (κ3) is 2.39. The van der Waals surface area contributed by atoms with Gasteiger partial charge >= 0.3 is 0 Å². The lowest BCUT2D eigenvalue weighted by Gasteiger charge is -2.01. The summed E-state index contributed by atoms with van der Waals surface area (Å²) in [5, 5.41) is 5.49. The minimum atomic E-state index is -0.0640. The fourth-order valence-electron chi connectivity index (χ4n) is 1.89. The van der Waals surface area contributed by atoms with Gasteiger partial charge in [-0.2, -0.15) is 0 Å². The molecule has 3 aromatic rings. The first kappa shape index (κ1) is 12.3. The third-order valence-corrected chi connectivity index (χ3v) is 4.76. The van der Waals surface area contributed by atoms with Crippen molar-refractivity contribution in [2.24, 2.45) is 0 Å². The smallest absolute Gasteiger partial charge is 0.267 e. The van der Waals surface area contributed by atoms with E-state index in [4.69, 9.17) is 0 Å². The number of thiophene rings is 1. The standard InChI is InChI=1S/C14H12N2OS2/c1-2-9-7-8-18-12(9)13(17)16-14-15-10-5-3-4-6-11(10)19-14/h3-8H,2H2,1H3,(H,15,16,17). The summed E-state index contributed by atoms with van der Waals surface area (Å²) in [4.78, 5) is 17.4. The number of hydrogen-bond donors (Lipinski definition) is 1. The maximum absolute atomic E-state index is 12.2. The van der Waals surface area contributed by atoms with Crippen LogP contribution in [0.4, 0.5) is 5.13 Å². The number of anilines is 1. The topological polar surface area (TPSA) is 42.0 Å². The van der Waals surface area contributed by atoms with Crippen LogP contribution in [0.25, 0.3) is 10.2 Å². The number of aromatic nitrogens is 1. The number of nitrogens with zero attached hydrogens (tertiary/aromatic N) is 1. The molecule has 1 aromatic carbocycles. The fraction of sp³-hybridized carbons (Fsp3) is 0.143. The Morgan fingerprint density at radius 3 is 2.95 bits per heavy atom. The quantitative estimate of drug-likeness (QED) is 0.786. The highest BCUT2D eigenvalue weighted by molar-refractivity contribution is 7.22. The Morgan fingerprint density at radius 2 is 2.16 bits per heavy atom. The maximum Gasteiger partial charge on any atom is 0.267 e. The van der Waals surface area contributed by atoms with Crippen LogP contribution in [-0.4, -0.2) is 10.9 Å². The molecule has 0 saturated heterocycles. The summed E-state index contributed by atoms with van der Waals surface area (Å²) in [6, 6.07) is 9.87. The Kier molecular flexibility index (Phi) is 3.31. The predicted molar refractivity (Wildman–Crippen MR) is 81.3 cm³/mol. The molecule has 2 heterocycles. The van der Waals surface area contributed by atoms with Gasteiger partial charge in [-0.05, 0) is 35.6 Å². The van der Waals surface area contributed by atoms with Gasteiger partial charge in [0.15, 0.2) is 5.13 Å². The monoisotopic (exact) mass is 288 g/mol. The Balaban J connectivity index is 1.86. The van der Waals surface area contributed by atoms with Crippen molar-refractivity contribution >= 4 is 43.9 Å². The molecule has 0 aliphatic heterocycles. The number of carbonyl (C=O) groups is 1. The van der Waals surface area contributed by atoms with Crippen LogP contribution >= 0.6 is 22.7 Å². The predicted octanol–water partition coefficient (Wildman–Crippen LogP) is 4.17. The van der Waals surface area contributed by atoms with Gasteiger partial charge in [0.1, 0.15) is 0 Å². The van der Waals surface area contributed by atoms with E-state index in [0.717, 1.165) is 27.1 Å². The van der Waals surface area contributed by atoms with Crippen molar-refractivity contribution in [1.29, 1.82) is 0 Å². The van der Waals surface area contributed by atoms with E-state index in [9.17, 15) is 4.79 Å². The molecule has 0 radical (unpaired) electrons. The number of nitrogens with one attached hydrogen (secondary N) is 1. The van der Waals surface area contributed by atoms with Crippen LogP contribution in [0, 0.1) is 0 Å². The molecule has 0 saturated carbocycles. The molecule has 0 spiro atoms. The maximum atomic E-state index is 12.2. The molecule has 0 aliphatic carbocycles. The summed E-state index contributed by atoms with van der Waals surface area (Å²) >= 11 is 2.97. The molecule has 96 valence electrons. The van der Waals surface area contributed by atoms with E-state index in [2.05, 4.69) is 17.2 Å². The molecule has 0 aliphatic rings. The molecule has 0 unspecified atom stereocenters. The van der Waals surface area contributed by atoms with Crippen molar-refractivity contribution < 1.29 is 4.79 Å². The van der Waals surface area contributed by atoms with Crippen LogP contribution < -0.4 is 5.32 Å². The molecule has 1 N–H and O–H groups in total. The molecular weight excluding hydrogens is 276 g/mol. The average Bonchev–Trinajstić information content (AvgIpc) is 3.03. The van der Waals surface area contributed by atoms with Gasteiger partial charge in [-0.3, -0.25) is 10.1 Å². The molecule has 0 bridgehead atoms. The third-order valence-electron chi connectivity index (χ3n) is 2.85. The van der Waals surface area contributed by atoms with Crippen molar-refractivity contribution in [3.8, 4) is 0 Å². The van der Waals surface area contributed by atoms with E-state index in [1.54, 1.807) is 0 Å². The minimum absolute atomic E-state index is 0.0640. The Morgan fingerprint density at radius 1 is 1.32 bits per heavy atom. The van der Waals surface area contributed by atoms with Crippen molar-refractivity contribution in [2.75, 3.05) is 5.32 Å². The zero-order valence-electron chi connectivity index (χ0n) is 10.3. The highest BCUT2D eigenvalue weighted by Gasteiger charge is 2.14. The van der Waals surface area contributed by atoms with E-state index in [-0.39, 0.29) is 5.91 Å². The largest absolute Gasteiger partial charge is 0.297 e. The van der Waals surface area contributed by atoms with Crippen molar-refractivity contribution in [3.63, 3.8) is 0 Å². The van der Waals surface area contributed by atoms with E-state index < -0.39 is 0 Å². The van der Waals surface area contributed by atoms with E-state index in [1.165, 1.54) is 22.7 Å². The van der Waals surface area contributed by atoms with Gasteiger partial charge < -0.3 is 0 Å². The zero-order valence-corrected chi connectivity index (χ0v) is 12.0. The zero-order chi connectivity index (χ0) is 13.2. The van der Waals surface area contributed by atoms with Gasteiger partial charge in [-0.25, -0.2) is 4.98 Å².